The van der Waals surface area contributed by atoms with Gasteiger partial charge in [-0.2, -0.15) is 26.3 Å². The van der Waals surface area contributed by atoms with Gasteiger partial charge in [0.25, 0.3) is 0 Å². The maximum atomic E-state index is 14.4. The number of halogens is 12. The van der Waals surface area contributed by atoms with Crippen LogP contribution in [0.4, 0.5) is 52.7 Å². The van der Waals surface area contributed by atoms with Crippen LogP contribution in [-0.4, -0.2) is 86.8 Å². The van der Waals surface area contributed by atoms with Crippen molar-refractivity contribution in [2.24, 2.45) is 0 Å². The molecule has 8 rings (SSSR count). The van der Waals surface area contributed by atoms with E-state index < -0.39 is 99.3 Å². The second-order valence-corrected chi connectivity index (χ2v) is 19.2. The maximum Gasteiger partial charge on any atom is 0.521 e. The van der Waals surface area contributed by atoms with Crippen LogP contribution in [0.2, 0.25) is 0 Å². The Morgan fingerprint density at radius 2 is 0.890 bits per heavy atom. The summed E-state index contributed by atoms with van der Waals surface area (Å²) in [4.78, 5) is 46.8. The Kier molecular flexibility index (Phi) is 24.1. The van der Waals surface area contributed by atoms with E-state index in [-0.39, 0.29) is 103 Å². The molecular weight excluding hydrogens is 1170 g/mol. The SMILES string of the molecule is C[C@H](N[C@@H](CC(=O)N1CCn2c(nnc2C(F)(F)F)C1)Cc1cc(F)c(F)cc1F)c1ccccc1.C[C@H](N[C@@H](CC(=O)N1CCn2c(nnc2C(F)(F)F)C1)Cc1cc(F)c(F)cc1F)c1ccccc1.O=[P+]([O-])OO.O=[P+]([O-])OO.[HH].[HH]. The van der Waals surface area contributed by atoms with Gasteiger partial charge in [0, 0.05) is 87.5 Å². The van der Waals surface area contributed by atoms with Gasteiger partial charge in [-0.05, 0) is 70.2 Å². The summed E-state index contributed by atoms with van der Waals surface area (Å²) >= 11 is 0. The van der Waals surface area contributed by atoms with Gasteiger partial charge in [0.15, 0.2) is 34.9 Å². The Bertz CT molecular complexity index is 2940. The highest BCUT2D eigenvalue weighted by atomic mass is 31.1. The van der Waals surface area contributed by atoms with Gasteiger partial charge in [-0.15, -0.1) is 20.4 Å². The van der Waals surface area contributed by atoms with Gasteiger partial charge in [0.05, 0.1) is 13.1 Å². The number of carbonyl (C=O) groups is 2. The summed E-state index contributed by atoms with van der Waals surface area (Å²) in [6.45, 7) is 3.12. The Morgan fingerprint density at radius 1 is 0.573 bits per heavy atom. The zero-order chi connectivity index (χ0) is 60.6. The maximum absolute atomic E-state index is 14.4. The number of rotatable bonds is 16. The van der Waals surface area contributed by atoms with E-state index in [1.165, 1.54) is 9.80 Å². The number of nitrogens with one attached hydrogen (secondary N) is 2. The van der Waals surface area contributed by atoms with Gasteiger partial charge in [-0.1, -0.05) is 60.7 Å². The van der Waals surface area contributed by atoms with Crippen LogP contribution in [0.5, 0.6) is 0 Å². The van der Waals surface area contributed by atoms with Gasteiger partial charge in [0.1, 0.15) is 11.6 Å². The van der Waals surface area contributed by atoms with Crippen molar-refractivity contribution in [3.8, 4) is 0 Å². The fourth-order valence-corrected chi connectivity index (χ4v) is 8.57. The number of aromatic nitrogens is 6. The van der Waals surface area contributed by atoms with E-state index in [0.29, 0.717) is 12.1 Å². The van der Waals surface area contributed by atoms with E-state index in [9.17, 15) is 62.3 Å². The molecule has 0 saturated carbocycles. The van der Waals surface area contributed by atoms with Crippen LogP contribution in [0.25, 0.3) is 0 Å². The van der Waals surface area contributed by atoms with Crippen LogP contribution in [0.3, 0.4) is 0 Å². The van der Waals surface area contributed by atoms with Crippen molar-refractivity contribution < 1.29 is 104 Å². The van der Waals surface area contributed by atoms with Crippen molar-refractivity contribution in [1.82, 2.24) is 50.0 Å². The molecule has 20 nitrogen and oxygen atoms in total. The van der Waals surface area contributed by atoms with Crippen molar-refractivity contribution in [3.63, 3.8) is 0 Å². The van der Waals surface area contributed by atoms with Crippen molar-refractivity contribution in [2.75, 3.05) is 13.1 Å². The average Bonchev–Trinajstić information content (AvgIpc) is 4.31. The summed E-state index contributed by atoms with van der Waals surface area (Å²) < 4.78 is 187. The lowest BCUT2D eigenvalue weighted by atomic mass is 9.99. The molecular formula is C48H52F12N10O10P2. The molecule has 448 valence electrons. The first-order valence-electron chi connectivity index (χ1n) is 23.9. The Morgan fingerprint density at radius 3 is 1.20 bits per heavy atom. The number of hydrogen-bond donors (Lipinski definition) is 4. The minimum Gasteiger partial charge on any atom is -0.565 e. The predicted molar refractivity (Wildman–Crippen MR) is 261 cm³/mol. The molecule has 4 N–H and O–H groups in total. The minimum atomic E-state index is -4.66. The van der Waals surface area contributed by atoms with Gasteiger partial charge in [-0.25, -0.2) is 36.9 Å². The van der Waals surface area contributed by atoms with Crippen LogP contribution < -0.4 is 20.4 Å². The van der Waals surface area contributed by atoms with Crippen molar-refractivity contribution in [1.29, 1.82) is 0 Å². The zero-order valence-corrected chi connectivity index (χ0v) is 44.4. The van der Waals surface area contributed by atoms with E-state index in [0.717, 1.165) is 32.4 Å². The number of amides is 2. The molecule has 34 heteroatoms. The summed E-state index contributed by atoms with van der Waals surface area (Å²) in [5.74, 6) is -9.94. The first-order valence-corrected chi connectivity index (χ1v) is 26.1. The third-order valence-corrected chi connectivity index (χ3v) is 12.6. The average molecular weight is 1220 g/mol. The summed E-state index contributed by atoms with van der Waals surface area (Å²) in [6.07, 6.45) is -9.86. The van der Waals surface area contributed by atoms with Gasteiger partial charge in [-0.3, -0.25) is 9.59 Å². The molecule has 0 spiro atoms. The molecule has 2 unspecified atom stereocenters. The third-order valence-electron chi connectivity index (χ3n) is 12.4. The number of alkyl halides is 6. The Hall–Kier alpha value is -6.86. The van der Waals surface area contributed by atoms with Crippen LogP contribution in [-0.2, 0) is 79.4 Å². The highest BCUT2D eigenvalue weighted by molar-refractivity contribution is 7.30. The van der Waals surface area contributed by atoms with Crippen molar-refractivity contribution in [2.45, 2.75) is 102 Å². The third kappa shape index (κ3) is 19.1. The van der Waals surface area contributed by atoms with E-state index >= 15 is 0 Å². The quantitative estimate of drug-likeness (QED) is 0.0233. The Labute approximate surface area is 462 Å². The largest absolute Gasteiger partial charge is 0.565 e. The molecule has 0 fully saturated rings. The number of nitrogens with zero attached hydrogens (tertiary/aromatic N) is 8. The van der Waals surface area contributed by atoms with Crippen LogP contribution in [0, 0.1) is 34.9 Å². The highest BCUT2D eigenvalue weighted by Gasteiger charge is 2.41. The molecule has 2 amide bonds. The first kappa shape index (κ1) is 65.9. The van der Waals surface area contributed by atoms with Gasteiger partial charge >= 0.3 is 28.9 Å². The minimum absolute atomic E-state index is 0. The molecule has 2 aliphatic rings. The molecule has 6 aromatic rings. The normalized spacial score (nSPS) is 15.0. The molecule has 4 aromatic carbocycles. The van der Waals surface area contributed by atoms with Gasteiger partial charge < -0.3 is 39.4 Å². The molecule has 0 aliphatic carbocycles. The van der Waals surface area contributed by atoms with Crippen molar-refractivity contribution in [3.05, 3.63) is 165 Å². The second kappa shape index (κ2) is 29.9. The molecule has 4 heterocycles. The number of benzene rings is 4. The lowest BCUT2D eigenvalue weighted by Crippen LogP contribution is -2.43. The van der Waals surface area contributed by atoms with Crippen molar-refractivity contribution >= 4 is 28.3 Å². The number of fused-ring (bicyclic) bond motifs is 2. The molecule has 0 radical (unpaired) electrons. The van der Waals surface area contributed by atoms with Crippen LogP contribution in [0.1, 0.15) is 87.2 Å². The Balaban J connectivity index is 0.000000371. The summed E-state index contributed by atoms with van der Waals surface area (Å²) in [5, 5.41) is 34.2. The van der Waals surface area contributed by atoms with Crippen LogP contribution in [0.15, 0.2) is 84.9 Å². The lowest BCUT2D eigenvalue weighted by molar-refractivity contribution is -0.245. The fraction of sp³-hybridized carbons (Fsp3) is 0.375. The van der Waals surface area contributed by atoms with Crippen LogP contribution >= 0.6 is 16.5 Å². The lowest BCUT2D eigenvalue weighted by Gasteiger charge is -2.30. The van der Waals surface area contributed by atoms with E-state index in [4.69, 9.17) is 29.4 Å². The molecule has 0 bridgehead atoms. The monoisotopic (exact) mass is 1220 g/mol. The smallest absolute Gasteiger partial charge is 0.521 e. The molecule has 2 aromatic heterocycles. The molecule has 6 atom stereocenters. The van der Waals surface area contributed by atoms with Gasteiger partial charge in [0.2, 0.25) is 23.5 Å². The molecule has 82 heavy (non-hydrogen) atoms. The zero-order valence-electron chi connectivity index (χ0n) is 42.6. The predicted octanol–water partition coefficient (Wildman–Crippen LogP) is 8.30. The summed E-state index contributed by atoms with van der Waals surface area (Å²) in [7, 11) is -6.09. The molecule has 2 aliphatic heterocycles. The second-order valence-electron chi connectivity index (χ2n) is 17.9. The first-order chi connectivity index (χ1) is 38.6. The summed E-state index contributed by atoms with van der Waals surface area (Å²) in [5.41, 5.74) is 1.58. The number of carbonyl (C=O) groups excluding carboxylic acids is 2. The van der Waals surface area contributed by atoms with E-state index in [1.54, 1.807) is 0 Å². The van der Waals surface area contributed by atoms with E-state index in [1.807, 2.05) is 74.5 Å². The fourth-order valence-electron chi connectivity index (χ4n) is 8.57. The summed E-state index contributed by atoms with van der Waals surface area (Å²) in [6, 6.07) is 19.0. The standard InChI is InChI=1S/2C24H23F6N5O.2HO4P.2H2/c2*1-14(15-5-3-2-4-6-15)31-17(9-16-10-19(26)20(27)12-18(16)25)11-22(36)34-7-8-35-21(13-34)32-33-23(35)24(28,29)30;2*1-4-5(2)3;;/h2*2-6,10,12,14,17,31H,7-9,11,13H2,1H3;2*1H;2*1H/t2*14-,17+;;;;/m00..../s1. The highest BCUT2D eigenvalue weighted by Crippen LogP contribution is 2.32. The molecule has 0 saturated heterocycles. The topological polar surface area (TPSA) is 265 Å². The van der Waals surface area contributed by atoms with E-state index in [2.05, 4.69) is 40.4 Å². The number of hydrogen-bond acceptors (Lipinski definition) is 16.